The molecule has 1 amide bonds. The summed E-state index contributed by atoms with van der Waals surface area (Å²) in [5.74, 6) is -0.230. The van der Waals surface area contributed by atoms with Crippen molar-refractivity contribution in [1.82, 2.24) is 5.32 Å². The van der Waals surface area contributed by atoms with Crippen LogP contribution in [0.25, 0.3) is 0 Å². The van der Waals surface area contributed by atoms with Crippen molar-refractivity contribution in [3.63, 3.8) is 0 Å². The van der Waals surface area contributed by atoms with Gasteiger partial charge < -0.3 is 10.4 Å². The van der Waals surface area contributed by atoms with Crippen LogP contribution in [0.15, 0.2) is 23.1 Å². The van der Waals surface area contributed by atoms with E-state index in [9.17, 15) is 4.79 Å². The second-order valence-corrected chi connectivity index (χ2v) is 4.68. The lowest BCUT2D eigenvalue weighted by Crippen LogP contribution is -2.35. The highest BCUT2D eigenvalue weighted by atomic mass is 35.5. The van der Waals surface area contributed by atoms with E-state index in [4.69, 9.17) is 16.7 Å². The van der Waals surface area contributed by atoms with Gasteiger partial charge in [-0.25, -0.2) is 0 Å². The standard InChI is InChI=1S/C12H16ClNO2S/c1-2-8(5-6-15)14-12(16)10-7-9(17)3-4-11(10)13/h3-4,7-8,15,17H,2,5-6H2,1H3,(H,14,16). The fourth-order valence-electron chi connectivity index (χ4n) is 1.48. The number of amides is 1. The quantitative estimate of drug-likeness (QED) is 0.722. The molecule has 1 rings (SSSR count). The topological polar surface area (TPSA) is 49.3 Å². The van der Waals surface area contributed by atoms with E-state index in [0.29, 0.717) is 21.9 Å². The molecule has 1 unspecified atom stereocenters. The Morgan fingerprint density at radius 2 is 2.29 bits per heavy atom. The summed E-state index contributed by atoms with van der Waals surface area (Å²) in [6, 6.07) is 4.97. The molecule has 3 nitrogen and oxygen atoms in total. The molecule has 0 aliphatic rings. The molecule has 1 atom stereocenters. The molecule has 5 heteroatoms. The summed E-state index contributed by atoms with van der Waals surface area (Å²) >= 11 is 10.1. The van der Waals surface area contributed by atoms with Crippen LogP contribution in [0.4, 0.5) is 0 Å². The molecule has 0 aliphatic heterocycles. The van der Waals surface area contributed by atoms with E-state index >= 15 is 0 Å². The first-order valence-corrected chi connectivity index (χ1v) is 6.31. The molecule has 1 aromatic carbocycles. The molecule has 0 aliphatic carbocycles. The Bertz CT molecular complexity index is 398. The minimum atomic E-state index is -0.230. The Kier molecular flexibility index (Phi) is 5.82. The van der Waals surface area contributed by atoms with Gasteiger partial charge in [-0.3, -0.25) is 4.79 Å². The second kappa shape index (κ2) is 6.89. The number of halogens is 1. The van der Waals surface area contributed by atoms with Gasteiger partial charge in [0.25, 0.3) is 5.91 Å². The van der Waals surface area contributed by atoms with E-state index in [1.807, 2.05) is 6.92 Å². The van der Waals surface area contributed by atoms with Crippen LogP contribution in [-0.4, -0.2) is 23.7 Å². The van der Waals surface area contributed by atoms with Crippen LogP contribution < -0.4 is 5.32 Å². The van der Waals surface area contributed by atoms with Gasteiger partial charge in [0.15, 0.2) is 0 Å². The fraction of sp³-hybridized carbons (Fsp3) is 0.417. The largest absolute Gasteiger partial charge is 0.396 e. The Morgan fingerprint density at radius 1 is 1.59 bits per heavy atom. The van der Waals surface area contributed by atoms with Crippen LogP contribution in [0.2, 0.25) is 5.02 Å². The molecule has 1 aromatic rings. The summed E-state index contributed by atoms with van der Waals surface area (Å²) in [5.41, 5.74) is 0.413. The molecule has 0 spiro atoms. The van der Waals surface area contributed by atoms with E-state index in [0.717, 1.165) is 6.42 Å². The molecule has 2 N–H and O–H groups in total. The Morgan fingerprint density at radius 3 is 2.88 bits per heavy atom. The first-order valence-electron chi connectivity index (χ1n) is 5.48. The van der Waals surface area contributed by atoms with Crippen LogP contribution in [-0.2, 0) is 0 Å². The van der Waals surface area contributed by atoms with E-state index in [-0.39, 0.29) is 18.6 Å². The molecule has 0 radical (unpaired) electrons. The molecular weight excluding hydrogens is 258 g/mol. The highest BCUT2D eigenvalue weighted by Crippen LogP contribution is 2.19. The number of rotatable bonds is 5. The molecule has 94 valence electrons. The zero-order chi connectivity index (χ0) is 12.8. The maximum absolute atomic E-state index is 12.0. The number of hydrogen-bond acceptors (Lipinski definition) is 3. The van der Waals surface area contributed by atoms with Crippen molar-refractivity contribution < 1.29 is 9.90 Å². The minimum Gasteiger partial charge on any atom is -0.396 e. The average molecular weight is 274 g/mol. The lowest BCUT2D eigenvalue weighted by molar-refractivity contribution is 0.0929. The van der Waals surface area contributed by atoms with Crippen LogP contribution in [0.3, 0.4) is 0 Å². The number of hydrogen-bond donors (Lipinski definition) is 3. The van der Waals surface area contributed by atoms with Crippen LogP contribution in [0.5, 0.6) is 0 Å². The predicted octanol–water partition coefficient (Wildman–Crippen LogP) is 2.52. The lowest BCUT2D eigenvalue weighted by Gasteiger charge is -2.16. The first kappa shape index (κ1) is 14.4. The third-order valence-corrected chi connectivity index (χ3v) is 3.11. The Hall–Kier alpha value is -0.710. The first-order chi connectivity index (χ1) is 8.08. The summed E-state index contributed by atoms with van der Waals surface area (Å²) < 4.78 is 0. The number of aliphatic hydroxyl groups excluding tert-OH is 1. The van der Waals surface area contributed by atoms with Crippen molar-refractivity contribution in [3.8, 4) is 0 Å². The third kappa shape index (κ3) is 4.22. The molecule has 0 saturated heterocycles. The van der Waals surface area contributed by atoms with Crippen molar-refractivity contribution in [3.05, 3.63) is 28.8 Å². The van der Waals surface area contributed by atoms with E-state index < -0.39 is 0 Å². The van der Waals surface area contributed by atoms with Gasteiger partial charge in [-0.15, -0.1) is 12.6 Å². The molecule has 0 aromatic heterocycles. The van der Waals surface area contributed by atoms with Crippen LogP contribution >= 0.6 is 24.2 Å². The maximum Gasteiger partial charge on any atom is 0.253 e. The van der Waals surface area contributed by atoms with Gasteiger partial charge in [0.1, 0.15) is 0 Å². The van der Waals surface area contributed by atoms with E-state index in [2.05, 4.69) is 17.9 Å². The molecule has 0 fully saturated rings. The predicted molar refractivity (Wildman–Crippen MR) is 72.0 cm³/mol. The monoisotopic (exact) mass is 273 g/mol. The van der Waals surface area contributed by atoms with Gasteiger partial charge in [-0.05, 0) is 31.0 Å². The third-order valence-electron chi connectivity index (χ3n) is 2.50. The van der Waals surface area contributed by atoms with E-state index in [1.54, 1.807) is 18.2 Å². The zero-order valence-corrected chi connectivity index (χ0v) is 11.3. The Labute approximate surface area is 112 Å². The SMILES string of the molecule is CCC(CCO)NC(=O)c1cc(S)ccc1Cl. The van der Waals surface area contributed by atoms with Gasteiger partial charge in [0, 0.05) is 17.5 Å². The maximum atomic E-state index is 12.0. The lowest BCUT2D eigenvalue weighted by atomic mass is 10.1. The van der Waals surface area contributed by atoms with Gasteiger partial charge in [0.2, 0.25) is 0 Å². The van der Waals surface area contributed by atoms with Crippen molar-refractivity contribution in [2.24, 2.45) is 0 Å². The average Bonchev–Trinajstić information content (AvgIpc) is 2.31. The van der Waals surface area contributed by atoms with Crippen molar-refractivity contribution in [2.45, 2.75) is 30.7 Å². The minimum absolute atomic E-state index is 0.0351. The number of aliphatic hydroxyl groups is 1. The summed E-state index contributed by atoms with van der Waals surface area (Å²) in [4.78, 5) is 12.6. The number of carbonyl (C=O) groups excluding carboxylic acids is 1. The van der Waals surface area contributed by atoms with E-state index in [1.165, 1.54) is 0 Å². The van der Waals surface area contributed by atoms with Gasteiger partial charge in [-0.1, -0.05) is 18.5 Å². The molecule has 0 bridgehead atoms. The highest BCUT2D eigenvalue weighted by Gasteiger charge is 2.14. The molecule has 0 heterocycles. The molecular formula is C12H16ClNO2S. The van der Waals surface area contributed by atoms with Gasteiger partial charge >= 0.3 is 0 Å². The fourth-order valence-corrected chi connectivity index (χ4v) is 1.89. The summed E-state index contributed by atoms with van der Waals surface area (Å²) in [6.07, 6.45) is 1.31. The highest BCUT2D eigenvalue weighted by molar-refractivity contribution is 7.80. The van der Waals surface area contributed by atoms with Gasteiger partial charge in [-0.2, -0.15) is 0 Å². The summed E-state index contributed by atoms with van der Waals surface area (Å²) in [5, 5.41) is 12.1. The van der Waals surface area contributed by atoms with Crippen molar-refractivity contribution in [1.29, 1.82) is 0 Å². The second-order valence-electron chi connectivity index (χ2n) is 3.76. The smallest absolute Gasteiger partial charge is 0.253 e. The number of nitrogens with one attached hydrogen (secondary N) is 1. The van der Waals surface area contributed by atoms with Gasteiger partial charge in [0.05, 0.1) is 10.6 Å². The van der Waals surface area contributed by atoms with Crippen molar-refractivity contribution in [2.75, 3.05) is 6.61 Å². The summed E-state index contributed by atoms with van der Waals surface area (Å²) in [6.45, 7) is 2.01. The Balaban J connectivity index is 2.78. The zero-order valence-electron chi connectivity index (χ0n) is 9.61. The van der Waals surface area contributed by atoms with Crippen LogP contribution in [0.1, 0.15) is 30.1 Å². The normalized spacial score (nSPS) is 12.2. The molecule has 0 saturated carbocycles. The number of carbonyl (C=O) groups is 1. The number of thiol groups is 1. The number of benzene rings is 1. The summed E-state index contributed by atoms with van der Waals surface area (Å²) in [7, 11) is 0. The van der Waals surface area contributed by atoms with Crippen molar-refractivity contribution >= 4 is 30.1 Å². The molecule has 17 heavy (non-hydrogen) atoms. The van der Waals surface area contributed by atoms with Crippen LogP contribution in [0, 0.1) is 0 Å².